The lowest BCUT2D eigenvalue weighted by Crippen LogP contribution is -2.33. The molecule has 0 spiro atoms. The van der Waals surface area contributed by atoms with Crippen molar-refractivity contribution in [1.29, 1.82) is 0 Å². The Morgan fingerprint density at radius 3 is 2.75 bits per heavy atom. The number of carbonyl (C=O) groups is 1. The molecule has 0 bridgehead atoms. The van der Waals surface area contributed by atoms with Crippen molar-refractivity contribution in [2.75, 3.05) is 35.6 Å². The Hall–Kier alpha value is -5.82. The van der Waals surface area contributed by atoms with Gasteiger partial charge >= 0.3 is 0 Å². The standard InChI is InChI=1S/C35H37N11O2/c1-22-16-38-35(42-30-14-23(2)45(3)44-30)43-33(22)27-18-37-34-26(27)10-7-11-28(34)41-31(47)20-46-13-12-25(19-46)48-32-15-29(39-21-40-32)36-17-24-8-5-4-6-9-24/h4-11,14-16,18,21,25,37H,12-13,17,19-20H2,1-3H3,(H,41,47)(H,36,39,40)(H,38,42,43,44)/t25-/m0/s1. The van der Waals surface area contributed by atoms with Crippen LogP contribution in [0.2, 0.25) is 0 Å². The molecule has 1 amide bonds. The molecule has 4 aromatic heterocycles. The number of ether oxygens (including phenoxy) is 1. The molecule has 48 heavy (non-hydrogen) atoms. The average molecular weight is 644 g/mol. The fraction of sp³-hybridized carbons (Fsp3) is 0.257. The van der Waals surface area contributed by atoms with Gasteiger partial charge in [0.15, 0.2) is 5.82 Å². The number of anilines is 4. The van der Waals surface area contributed by atoms with E-state index in [0.717, 1.165) is 51.9 Å². The highest BCUT2D eigenvalue weighted by Gasteiger charge is 2.26. The van der Waals surface area contributed by atoms with Crippen molar-refractivity contribution in [2.24, 2.45) is 7.05 Å². The van der Waals surface area contributed by atoms with Gasteiger partial charge in [-0.25, -0.2) is 19.9 Å². The highest BCUT2D eigenvalue weighted by Crippen LogP contribution is 2.33. The normalized spacial score (nSPS) is 14.7. The van der Waals surface area contributed by atoms with Crippen LogP contribution in [0.25, 0.3) is 22.2 Å². The Bertz CT molecular complexity index is 2040. The Morgan fingerprint density at radius 1 is 1.04 bits per heavy atom. The number of amides is 1. The highest BCUT2D eigenvalue weighted by molar-refractivity contribution is 6.06. The first-order chi connectivity index (χ1) is 23.4. The van der Waals surface area contributed by atoms with Crippen LogP contribution in [0.5, 0.6) is 5.88 Å². The molecule has 1 saturated heterocycles. The molecular weight excluding hydrogens is 606 g/mol. The predicted molar refractivity (Wildman–Crippen MR) is 185 cm³/mol. The second kappa shape index (κ2) is 13.5. The molecular formula is C35H37N11O2. The lowest BCUT2D eigenvalue weighted by atomic mass is 10.1. The molecule has 2 aromatic carbocycles. The van der Waals surface area contributed by atoms with E-state index in [2.05, 4.69) is 58.0 Å². The van der Waals surface area contributed by atoms with Crippen molar-refractivity contribution < 1.29 is 9.53 Å². The van der Waals surface area contributed by atoms with Crippen LogP contribution >= 0.6 is 0 Å². The van der Waals surface area contributed by atoms with Crippen LogP contribution in [-0.2, 0) is 18.4 Å². The van der Waals surface area contributed by atoms with Gasteiger partial charge in [-0.2, -0.15) is 5.10 Å². The molecule has 1 aliphatic rings. The molecule has 13 nitrogen and oxygen atoms in total. The van der Waals surface area contributed by atoms with E-state index >= 15 is 0 Å². The highest BCUT2D eigenvalue weighted by atomic mass is 16.5. The second-order valence-corrected chi connectivity index (χ2v) is 12.0. The minimum absolute atomic E-state index is 0.0683. The third-order valence-electron chi connectivity index (χ3n) is 8.41. The third-order valence-corrected chi connectivity index (χ3v) is 8.41. The van der Waals surface area contributed by atoms with Crippen molar-refractivity contribution in [1.82, 2.24) is 39.6 Å². The molecule has 244 valence electrons. The quantitative estimate of drug-likeness (QED) is 0.148. The van der Waals surface area contributed by atoms with Crippen LogP contribution in [0.15, 0.2) is 79.4 Å². The summed E-state index contributed by atoms with van der Waals surface area (Å²) in [5.41, 5.74) is 6.37. The van der Waals surface area contributed by atoms with Gasteiger partial charge in [-0.05, 0) is 37.5 Å². The van der Waals surface area contributed by atoms with Crippen molar-refractivity contribution >= 4 is 40.1 Å². The number of H-pyrrole nitrogens is 1. The second-order valence-electron chi connectivity index (χ2n) is 12.0. The van der Waals surface area contributed by atoms with Crippen molar-refractivity contribution in [2.45, 2.75) is 32.9 Å². The minimum Gasteiger partial charge on any atom is -0.473 e. The van der Waals surface area contributed by atoms with Gasteiger partial charge in [-0.3, -0.25) is 14.4 Å². The van der Waals surface area contributed by atoms with Crippen LogP contribution in [0.4, 0.5) is 23.3 Å². The van der Waals surface area contributed by atoms with Gasteiger partial charge in [0.05, 0.1) is 23.4 Å². The zero-order valence-corrected chi connectivity index (χ0v) is 27.1. The molecule has 1 fully saturated rings. The summed E-state index contributed by atoms with van der Waals surface area (Å²) in [5.74, 6) is 2.26. The molecule has 1 atom stereocenters. The number of rotatable bonds is 11. The molecule has 7 rings (SSSR count). The molecule has 0 radical (unpaired) electrons. The van der Waals surface area contributed by atoms with Gasteiger partial charge in [-0.1, -0.05) is 42.5 Å². The molecule has 13 heteroatoms. The van der Waals surface area contributed by atoms with E-state index in [-0.39, 0.29) is 18.6 Å². The van der Waals surface area contributed by atoms with Gasteiger partial charge in [0.25, 0.3) is 0 Å². The molecule has 4 N–H and O–H groups in total. The van der Waals surface area contributed by atoms with Crippen molar-refractivity contribution in [3.63, 3.8) is 0 Å². The summed E-state index contributed by atoms with van der Waals surface area (Å²) >= 11 is 0. The van der Waals surface area contributed by atoms with Crippen molar-refractivity contribution in [3.8, 4) is 17.1 Å². The summed E-state index contributed by atoms with van der Waals surface area (Å²) in [7, 11) is 1.89. The summed E-state index contributed by atoms with van der Waals surface area (Å²) in [4.78, 5) is 36.5. The Morgan fingerprint density at radius 2 is 1.92 bits per heavy atom. The van der Waals surface area contributed by atoms with Gasteiger partial charge in [0.2, 0.25) is 17.7 Å². The first-order valence-electron chi connectivity index (χ1n) is 15.9. The lowest BCUT2D eigenvalue weighted by molar-refractivity contribution is -0.117. The number of aromatic amines is 1. The maximum absolute atomic E-state index is 13.2. The van der Waals surface area contributed by atoms with Gasteiger partial charge < -0.3 is 25.7 Å². The summed E-state index contributed by atoms with van der Waals surface area (Å²) in [5, 5.41) is 15.0. The maximum atomic E-state index is 13.2. The number of hydrogen-bond acceptors (Lipinski definition) is 10. The Labute approximate surface area is 277 Å². The first kappa shape index (κ1) is 30.8. The molecule has 5 heterocycles. The Balaban J connectivity index is 0.967. The largest absolute Gasteiger partial charge is 0.473 e. The molecule has 0 aliphatic carbocycles. The van der Waals surface area contributed by atoms with Gasteiger partial charge in [0.1, 0.15) is 18.2 Å². The minimum atomic E-state index is -0.0934. The number of carbonyl (C=O) groups excluding carboxylic acids is 1. The smallest absolute Gasteiger partial charge is 0.238 e. The third kappa shape index (κ3) is 6.95. The van der Waals surface area contributed by atoms with Crippen LogP contribution < -0.4 is 20.7 Å². The first-order valence-corrected chi connectivity index (χ1v) is 15.9. The van der Waals surface area contributed by atoms with Crippen LogP contribution in [-0.4, -0.2) is 71.2 Å². The molecule has 0 unspecified atom stereocenters. The predicted octanol–water partition coefficient (Wildman–Crippen LogP) is 5.21. The van der Waals surface area contributed by atoms with E-state index in [1.807, 2.05) is 75.6 Å². The summed E-state index contributed by atoms with van der Waals surface area (Å²) in [6, 6.07) is 19.7. The average Bonchev–Trinajstić information content (AvgIpc) is 3.80. The van der Waals surface area contributed by atoms with E-state index in [1.165, 1.54) is 6.33 Å². The molecule has 0 saturated carbocycles. The molecule has 6 aromatic rings. The van der Waals surface area contributed by atoms with Crippen LogP contribution in [0.3, 0.4) is 0 Å². The number of aromatic nitrogens is 7. The van der Waals surface area contributed by atoms with E-state index < -0.39 is 0 Å². The fourth-order valence-corrected chi connectivity index (χ4v) is 5.86. The number of fused-ring (bicyclic) bond motifs is 1. The van der Waals surface area contributed by atoms with Crippen LogP contribution in [0, 0.1) is 13.8 Å². The van der Waals surface area contributed by atoms with E-state index in [4.69, 9.17) is 9.72 Å². The van der Waals surface area contributed by atoms with Gasteiger partial charge in [0, 0.05) is 67.9 Å². The monoisotopic (exact) mass is 643 g/mol. The summed E-state index contributed by atoms with van der Waals surface area (Å²) < 4.78 is 7.96. The lowest BCUT2D eigenvalue weighted by Gasteiger charge is -2.17. The van der Waals surface area contributed by atoms with E-state index in [9.17, 15) is 4.79 Å². The summed E-state index contributed by atoms with van der Waals surface area (Å²) in [6.45, 7) is 6.26. The SMILES string of the molecule is Cc1cnc(Nc2cc(C)n(C)n2)nc1-c1c[nH]c2c(NC(=O)CN3CC[C@H](Oc4cc(NCc5ccccc5)ncn4)C3)cccc12. The summed E-state index contributed by atoms with van der Waals surface area (Å²) in [6.07, 6.45) is 5.95. The Kier molecular flexibility index (Phi) is 8.67. The maximum Gasteiger partial charge on any atom is 0.238 e. The van der Waals surface area contributed by atoms with Crippen molar-refractivity contribution in [3.05, 3.63) is 96.2 Å². The van der Waals surface area contributed by atoms with E-state index in [0.29, 0.717) is 42.2 Å². The number of para-hydroxylation sites is 1. The number of nitrogens with zero attached hydrogens (tertiary/aromatic N) is 7. The zero-order chi connectivity index (χ0) is 33.0. The number of aryl methyl sites for hydroxylation is 3. The topological polar surface area (TPSA) is 151 Å². The van der Waals surface area contributed by atoms with E-state index in [1.54, 1.807) is 10.9 Å². The zero-order valence-electron chi connectivity index (χ0n) is 27.1. The number of nitrogens with one attached hydrogen (secondary N) is 4. The van der Waals surface area contributed by atoms with Gasteiger partial charge in [-0.15, -0.1) is 0 Å². The number of likely N-dealkylation sites (tertiary alicyclic amines) is 1. The number of hydrogen-bond donors (Lipinski definition) is 4. The fourth-order valence-electron chi connectivity index (χ4n) is 5.86. The molecule has 1 aliphatic heterocycles. The number of benzene rings is 2. The van der Waals surface area contributed by atoms with Crippen LogP contribution in [0.1, 0.15) is 23.2 Å².